The van der Waals surface area contributed by atoms with Crippen LogP contribution in [0.5, 0.6) is 5.75 Å². The van der Waals surface area contributed by atoms with Crippen molar-refractivity contribution in [1.82, 2.24) is 20.8 Å². The van der Waals surface area contributed by atoms with Crippen LogP contribution < -0.4 is 20.7 Å². The number of nitrogens with one attached hydrogen (secondary N) is 3. The summed E-state index contributed by atoms with van der Waals surface area (Å²) in [4.78, 5) is 25.0. The Kier molecular flexibility index (Phi) is 7.70. The van der Waals surface area contributed by atoms with Crippen molar-refractivity contribution in [3.8, 4) is 5.75 Å². The van der Waals surface area contributed by atoms with E-state index in [1.807, 2.05) is 31.2 Å². The zero-order valence-corrected chi connectivity index (χ0v) is 20.1. The average molecular weight is 502 g/mol. The number of carbonyl (C=O) groups is 2. The van der Waals surface area contributed by atoms with Gasteiger partial charge >= 0.3 is 12.0 Å². The molecule has 178 valence electrons. The van der Waals surface area contributed by atoms with E-state index >= 15 is 0 Å². The maximum absolute atomic E-state index is 12.7. The Balaban J connectivity index is 1.48. The molecule has 3 heterocycles. The lowest BCUT2D eigenvalue weighted by atomic mass is 10.0. The quantitative estimate of drug-likeness (QED) is 0.276. The van der Waals surface area contributed by atoms with E-state index in [1.165, 1.54) is 29.4 Å². The highest BCUT2D eigenvalue weighted by molar-refractivity contribution is 8.01. The molecule has 0 aliphatic carbocycles. The number of esters is 1. The lowest BCUT2D eigenvalue weighted by molar-refractivity contribution is -0.139. The van der Waals surface area contributed by atoms with Crippen molar-refractivity contribution in [1.29, 1.82) is 0 Å². The fourth-order valence-electron chi connectivity index (χ4n) is 3.23. The van der Waals surface area contributed by atoms with Crippen LogP contribution in [0.15, 0.2) is 62.7 Å². The summed E-state index contributed by atoms with van der Waals surface area (Å²) in [5.74, 6) is 1.00. The summed E-state index contributed by atoms with van der Waals surface area (Å²) in [6.45, 7) is 4.48. The molecule has 2 aromatic heterocycles. The molecule has 0 radical (unpaired) electrons. The number of rotatable bonds is 10. The molecule has 0 bridgehead atoms. The molecule has 12 heteroatoms. The van der Waals surface area contributed by atoms with Crippen molar-refractivity contribution in [2.75, 3.05) is 24.3 Å². The van der Waals surface area contributed by atoms with E-state index in [1.54, 1.807) is 19.1 Å². The van der Waals surface area contributed by atoms with Gasteiger partial charge in [0.2, 0.25) is 5.13 Å². The van der Waals surface area contributed by atoms with Gasteiger partial charge in [0.25, 0.3) is 0 Å². The third kappa shape index (κ3) is 5.69. The fraction of sp³-hybridized carbons (Fsp3) is 0.273. The number of hydrogen-bond donors (Lipinski definition) is 3. The van der Waals surface area contributed by atoms with Crippen LogP contribution in [-0.4, -0.2) is 41.2 Å². The number of furan rings is 1. The summed E-state index contributed by atoms with van der Waals surface area (Å²) in [6, 6.07) is 9.77. The number of urea groups is 1. The maximum Gasteiger partial charge on any atom is 0.338 e. The molecule has 0 spiro atoms. The number of nitrogens with zero attached hydrogens (tertiary/aromatic N) is 2. The van der Waals surface area contributed by atoms with Crippen molar-refractivity contribution in [2.45, 2.75) is 24.2 Å². The fourth-order valence-corrected chi connectivity index (χ4v) is 4.97. The van der Waals surface area contributed by atoms with Gasteiger partial charge in [0, 0.05) is 17.1 Å². The number of anilines is 2. The van der Waals surface area contributed by atoms with Gasteiger partial charge in [0.1, 0.15) is 17.6 Å². The average Bonchev–Trinajstić information content (AvgIpc) is 3.51. The summed E-state index contributed by atoms with van der Waals surface area (Å²) in [7, 11) is 0. The highest BCUT2D eigenvalue weighted by atomic mass is 32.2. The van der Waals surface area contributed by atoms with Gasteiger partial charge in [-0.15, -0.1) is 10.2 Å². The SMILES string of the molecule is CCOC(=O)C1=C(CSc2nnc(Nc3ccc(OCC)cc3)s2)NC(=O)NC1c1ccco1. The molecule has 0 saturated carbocycles. The largest absolute Gasteiger partial charge is 0.494 e. The molecule has 1 aliphatic heterocycles. The number of amides is 2. The van der Waals surface area contributed by atoms with Gasteiger partial charge in [-0.2, -0.15) is 0 Å². The molecule has 34 heavy (non-hydrogen) atoms. The molecular formula is C22H23N5O5S2. The lowest BCUT2D eigenvalue weighted by Gasteiger charge is -2.27. The molecule has 0 saturated heterocycles. The summed E-state index contributed by atoms with van der Waals surface area (Å²) < 4.78 is 16.8. The van der Waals surface area contributed by atoms with Crippen LogP contribution in [0.3, 0.4) is 0 Å². The normalized spacial score (nSPS) is 15.5. The zero-order valence-electron chi connectivity index (χ0n) is 18.5. The van der Waals surface area contributed by atoms with Crippen LogP contribution in [0.4, 0.5) is 15.6 Å². The third-order valence-corrected chi connectivity index (χ3v) is 6.64. The number of ether oxygens (including phenoxy) is 2. The first-order valence-corrected chi connectivity index (χ1v) is 12.3. The minimum atomic E-state index is -0.746. The monoisotopic (exact) mass is 501 g/mol. The predicted octanol–water partition coefficient (Wildman–Crippen LogP) is 4.24. The molecule has 0 fully saturated rings. The van der Waals surface area contributed by atoms with E-state index in [9.17, 15) is 9.59 Å². The van der Waals surface area contributed by atoms with Crippen LogP contribution >= 0.6 is 23.1 Å². The van der Waals surface area contributed by atoms with Gasteiger partial charge < -0.3 is 29.8 Å². The van der Waals surface area contributed by atoms with Crippen molar-refractivity contribution in [3.63, 3.8) is 0 Å². The number of thioether (sulfide) groups is 1. The van der Waals surface area contributed by atoms with Crippen molar-refractivity contribution in [3.05, 3.63) is 59.7 Å². The Labute approximate surface area is 204 Å². The summed E-state index contributed by atoms with van der Waals surface area (Å²) in [5, 5.41) is 17.6. The first-order valence-electron chi connectivity index (χ1n) is 10.5. The number of aromatic nitrogens is 2. The standard InChI is InChI=1S/C22H23N5O5S2/c1-3-30-14-9-7-13(8-10-14)23-21-26-27-22(34-21)33-12-15-17(19(28)31-4-2)18(25-20(29)24-15)16-6-5-11-32-16/h5-11,18H,3-4,12H2,1-2H3,(H,23,26)(H2,24,25,29). The van der Waals surface area contributed by atoms with Crippen LogP contribution in [0.25, 0.3) is 0 Å². The summed E-state index contributed by atoms with van der Waals surface area (Å²) >= 11 is 2.72. The minimum Gasteiger partial charge on any atom is -0.494 e. The van der Waals surface area contributed by atoms with E-state index in [2.05, 4.69) is 26.1 Å². The second-order valence-corrected chi connectivity index (χ2v) is 9.10. The molecule has 1 unspecified atom stereocenters. The van der Waals surface area contributed by atoms with Gasteiger partial charge in [0.05, 0.1) is 25.1 Å². The Morgan fingerprint density at radius 1 is 1.21 bits per heavy atom. The van der Waals surface area contributed by atoms with E-state index in [0.717, 1.165) is 11.4 Å². The topological polar surface area (TPSA) is 128 Å². The second-order valence-electron chi connectivity index (χ2n) is 6.90. The molecule has 1 aliphatic rings. The highest BCUT2D eigenvalue weighted by Crippen LogP contribution is 2.33. The van der Waals surface area contributed by atoms with Crippen LogP contribution in [0.2, 0.25) is 0 Å². The Bertz CT molecular complexity index is 1160. The van der Waals surface area contributed by atoms with Crippen molar-refractivity contribution in [2.24, 2.45) is 0 Å². The number of benzene rings is 1. The van der Waals surface area contributed by atoms with Crippen LogP contribution in [0, 0.1) is 0 Å². The third-order valence-electron chi connectivity index (χ3n) is 4.64. The minimum absolute atomic E-state index is 0.207. The number of carbonyl (C=O) groups excluding carboxylic acids is 2. The molecule has 1 atom stereocenters. The van der Waals surface area contributed by atoms with Gasteiger partial charge in [-0.25, -0.2) is 9.59 Å². The highest BCUT2D eigenvalue weighted by Gasteiger charge is 2.35. The second kappa shape index (κ2) is 11.1. The van der Waals surface area contributed by atoms with Gasteiger partial charge in [-0.3, -0.25) is 0 Å². The Morgan fingerprint density at radius 2 is 2.03 bits per heavy atom. The van der Waals surface area contributed by atoms with E-state index in [4.69, 9.17) is 13.9 Å². The predicted molar refractivity (Wildman–Crippen MR) is 128 cm³/mol. The van der Waals surface area contributed by atoms with Crippen molar-refractivity contribution < 1.29 is 23.5 Å². The molecule has 3 N–H and O–H groups in total. The lowest BCUT2D eigenvalue weighted by Crippen LogP contribution is -2.46. The maximum atomic E-state index is 12.7. The Hall–Kier alpha value is -3.51. The van der Waals surface area contributed by atoms with Crippen LogP contribution in [-0.2, 0) is 9.53 Å². The van der Waals surface area contributed by atoms with E-state index in [-0.39, 0.29) is 12.4 Å². The van der Waals surface area contributed by atoms with Gasteiger partial charge in [0.15, 0.2) is 4.34 Å². The van der Waals surface area contributed by atoms with Crippen molar-refractivity contribution >= 4 is 45.9 Å². The van der Waals surface area contributed by atoms with Crippen LogP contribution in [0.1, 0.15) is 25.6 Å². The molecular weight excluding hydrogens is 478 g/mol. The summed E-state index contributed by atoms with van der Waals surface area (Å²) in [5.41, 5.74) is 1.58. The molecule has 10 nitrogen and oxygen atoms in total. The first-order chi connectivity index (χ1) is 16.6. The van der Waals surface area contributed by atoms with E-state index < -0.39 is 18.0 Å². The molecule has 1 aromatic carbocycles. The molecule has 4 rings (SSSR count). The smallest absolute Gasteiger partial charge is 0.338 e. The van der Waals surface area contributed by atoms with Gasteiger partial charge in [-0.05, 0) is 50.2 Å². The summed E-state index contributed by atoms with van der Waals surface area (Å²) in [6.07, 6.45) is 1.49. The Morgan fingerprint density at radius 3 is 2.74 bits per heavy atom. The zero-order chi connectivity index (χ0) is 23.9. The number of hydrogen-bond acceptors (Lipinski definition) is 10. The first kappa shape index (κ1) is 23.6. The molecule has 3 aromatic rings. The molecule has 2 amide bonds. The van der Waals surface area contributed by atoms with E-state index in [0.29, 0.717) is 33.1 Å². The van der Waals surface area contributed by atoms with Gasteiger partial charge in [-0.1, -0.05) is 23.1 Å².